The van der Waals surface area contributed by atoms with Gasteiger partial charge in [-0.25, -0.2) is 4.79 Å². The Bertz CT molecular complexity index is 1160. The Morgan fingerprint density at radius 3 is 2.32 bits per heavy atom. The highest BCUT2D eigenvalue weighted by molar-refractivity contribution is 9.10. The molecule has 1 N–H and O–H groups in total. The van der Waals surface area contributed by atoms with Crippen LogP contribution in [-0.2, 0) is 6.61 Å². The summed E-state index contributed by atoms with van der Waals surface area (Å²) in [5, 5.41) is 18.6. The van der Waals surface area contributed by atoms with Gasteiger partial charge in [0.15, 0.2) is 11.5 Å². The van der Waals surface area contributed by atoms with Crippen LogP contribution in [0.3, 0.4) is 0 Å². The molecule has 31 heavy (non-hydrogen) atoms. The monoisotopic (exact) mass is 477 g/mol. The standard InChI is InChI=1S/C25H20BrNO4/c1-16-3-5-17(6-4-16)15-31-24-22(26)12-18(13-23(24)30-2)11-21(14-27)19-7-9-20(10-8-19)25(28)29/h3-13H,15H2,1-2H3,(H,28,29)/b21-11-. The number of nitrogens with zero attached hydrogens (tertiary/aromatic N) is 1. The van der Waals surface area contributed by atoms with Crippen molar-refractivity contribution in [3.05, 3.63) is 93.0 Å². The molecule has 6 heteroatoms. The average molecular weight is 478 g/mol. The molecule has 3 rings (SSSR count). The summed E-state index contributed by atoms with van der Waals surface area (Å²) in [4.78, 5) is 11.0. The molecule has 0 heterocycles. The first-order chi connectivity index (χ1) is 14.9. The Kier molecular flexibility index (Phi) is 7.11. The number of allylic oxidation sites excluding steroid dienone is 1. The predicted octanol–water partition coefficient (Wildman–Crippen LogP) is 6.11. The quantitative estimate of drug-likeness (QED) is 0.328. The summed E-state index contributed by atoms with van der Waals surface area (Å²) in [6.45, 7) is 2.43. The zero-order valence-electron chi connectivity index (χ0n) is 17.1. The molecule has 0 radical (unpaired) electrons. The molecule has 0 saturated carbocycles. The maximum Gasteiger partial charge on any atom is 0.335 e. The fourth-order valence-corrected chi connectivity index (χ4v) is 3.52. The molecule has 0 fully saturated rings. The van der Waals surface area contributed by atoms with Crippen LogP contribution in [0.5, 0.6) is 11.5 Å². The highest BCUT2D eigenvalue weighted by Crippen LogP contribution is 2.38. The molecule has 0 aliphatic rings. The van der Waals surface area contributed by atoms with Gasteiger partial charge in [-0.15, -0.1) is 0 Å². The van der Waals surface area contributed by atoms with Crippen LogP contribution < -0.4 is 9.47 Å². The second kappa shape index (κ2) is 9.96. The number of carboxylic acids is 1. The van der Waals surface area contributed by atoms with Crippen molar-refractivity contribution in [2.24, 2.45) is 0 Å². The van der Waals surface area contributed by atoms with E-state index in [1.54, 1.807) is 31.4 Å². The van der Waals surface area contributed by atoms with E-state index in [4.69, 9.17) is 14.6 Å². The van der Waals surface area contributed by atoms with Crippen LogP contribution in [0.25, 0.3) is 11.6 Å². The van der Waals surface area contributed by atoms with Gasteiger partial charge >= 0.3 is 5.97 Å². The van der Waals surface area contributed by atoms with Crippen LogP contribution in [-0.4, -0.2) is 18.2 Å². The lowest BCUT2D eigenvalue weighted by atomic mass is 10.0. The zero-order valence-corrected chi connectivity index (χ0v) is 18.6. The lowest BCUT2D eigenvalue weighted by molar-refractivity contribution is 0.0697. The summed E-state index contributed by atoms with van der Waals surface area (Å²) in [5.74, 6) is 0.0970. The molecule has 0 spiro atoms. The second-order valence-electron chi connectivity index (χ2n) is 6.86. The van der Waals surface area contributed by atoms with Crippen molar-refractivity contribution < 1.29 is 19.4 Å². The summed E-state index contributed by atoms with van der Waals surface area (Å²) in [5.41, 5.74) is 4.16. The molecule has 0 saturated heterocycles. The summed E-state index contributed by atoms with van der Waals surface area (Å²) in [7, 11) is 1.56. The minimum absolute atomic E-state index is 0.167. The Balaban J connectivity index is 1.87. The molecule has 3 aromatic rings. The smallest absolute Gasteiger partial charge is 0.335 e. The third kappa shape index (κ3) is 5.53. The number of aryl methyl sites for hydroxylation is 1. The molecule has 0 amide bonds. The Labute approximate surface area is 189 Å². The largest absolute Gasteiger partial charge is 0.493 e. The van der Waals surface area contributed by atoms with Crippen molar-refractivity contribution in [3.8, 4) is 17.6 Å². The van der Waals surface area contributed by atoms with E-state index < -0.39 is 5.97 Å². The molecule has 5 nitrogen and oxygen atoms in total. The fourth-order valence-electron chi connectivity index (χ4n) is 2.94. The topological polar surface area (TPSA) is 79.5 Å². The number of aromatic carboxylic acids is 1. The van der Waals surface area contributed by atoms with E-state index in [9.17, 15) is 10.1 Å². The lowest BCUT2D eigenvalue weighted by Gasteiger charge is -2.14. The number of carboxylic acid groups (broad SMARTS) is 1. The van der Waals surface area contributed by atoms with Crippen LogP contribution in [0.2, 0.25) is 0 Å². The van der Waals surface area contributed by atoms with Crippen molar-refractivity contribution in [1.82, 2.24) is 0 Å². The molecule has 0 bridgehead atoms. The highest BCUT2D eigenvalue weighted by atomic mass is 79.9. The number of rotatable bonds is 7. The van der Waals surface area contributed by atoms with Crippen molar-refractivity contribution >= 4 is 33.5 Å². The van der Waals surface area contributed by atoms with Crippen LogP contribution in [0.4, 0.5) is 0 Å². The van der Waals surface area contributed by atoms with Gasteiger partial charge in [-0.3, -0.25) is 0 Å². The summed E-state index contributed by atoms with van der Waals surface area (Å²) < 4.78 is 12.2. The maximum absolute atomic E-state index is 11.0. The number of halogens is 1. The Morgan fingerprint density at radius 1 is 1.10 bits per heavy atom. The molecule has 3 aromatic carbocycles. The molecule has 0 unspecified atom stereocenters. The van der Waals surface area contributed by atoms with Crippen LogP contribution in [0.1, 0.15) is 32.6 Å². The minimum Gasteiger partial charge on any atom is -0.493 e. The van der Waals surface area contributed by atoms with Gasteiger partial charge in [0.25, 0.3) is 0 Å². The number of nitriles is 1. The second-order valence-corrected chi connectivity index (χ2v) is 7.72. The van der Waals surface area contributed by atoms with E-state index in [1.807, 2.05) is 37.3 Å². The van der Waals surface area contributed by atoms with E-state index in [-0.39, 0.29) is 5.56 Å². The fraction of sp³-hybridized carbons (Fsp3) is 0.120. The zero-order chi connectivity index (χ0) is 22.4. The van der Waals surface area contributed by atoms with E-state index in [1.165, 1.54) is 17.7 Å². The predicted molar refractivity (Wildman–Crippen MR) is 123 cm³/mol. The van der Waals surface area contributed by atoms with Gasteiger partial charge in [0, 0.05) is 0 Å². The third-order valence-electron chi connectivity index (χ3n) is 4.63. The van der Waals surface area contributed by atoms with Crippen molar-refractivity contribution in [2.75, 3.05) is 7.11 Å². The number of methoxy groups -OCH3 is 1. The van der Waals surface area contributed by atoms with E-state index in [2.05, 4.69) is 22.0 Å². The first-order valence-corrected chi connectivity index (χ1v) is 10.2. The number of benzene rings is 3. The molecule has 156 valence electrons. The Morgan fingerprint density at radius 2 is 1.74 bits per heavy atom. The van der Waals surface area contributed by atoms with E-state index >= 15 is 0 Å². The molecule has 0 aliphatic heterocycles. The number of carbonyl (C=O) groups is 1. The summed E-state index contributed by atoms with van der Waals surface area (Å²) >= 11 is 3.54. The van der Waals surface area contributed by atoms with Gasteiger partial charge in [0.2, 0.25) is 0 Å². The first-order valence-electron chi connectivity index (χ1n) is 9.42. The number of hydrogen-bond donors (Lipinski definition) is 1. The summed E-state index contributed by atoms with van der Waals surface area (Å²) in [6.07, 6.45) is 1.72. The lowest BCUT2D eigenvalue weighted by Crippen LogP contribution is -1.99. The maximum atomic E-state index is 11.0. The van der Waals surface area contributed by atoms with Gasteiger partial charge in [0.05, 0.1) is 28.8 Å². The minimum atomic E-state index is -1.01. The van der Waals surface area contributed by atoms with Crippen LogP contribution >= 0.6 is 15.9 Å². The number of hydrogen-bond acceptors (Lipinski definition) is 4. The van der Waals surface area contributed by atoms with Crippen LogP contribution in [0, 0.1) is 18.3 Å². The van der Waals surface area contributed by atoms with Crippen LogP contribution in [0.15, 0.2) is 65.1 Å². The number of ether oxygens (including phenoxy) is 2. The van der Waals surface area contributed by atoms with Crippen molar-refractivity contribution in [1.29, 1.82) is 5.26 Å². The molecule has 0 aromatic heterocycles. The van der Waals surface area contributed by atoms with Crippen molar-refractivity contribution in [3.63, 3.8) is 0 Å². The molecule has 0 aliphatic carbocycles. The van der Waals surface area contributed by atoms with E-state index in [0.717, 1.165) is 11.1 Å². The summed E-state index contributed by atoms with van der Waals surface area (Å²) in [6, 6.07) is 20.1. The Hall–Kier alpha value is -3.56. The SMILES string of the molecule is COc1cc(/C=C(/C#N)c2ccc(C(=O)O)cc2)cc(Br)c1OCc1ccc(C)cc1. The first kappa shape index (κ1) is 22.1. The average Bonchev–Trinajstić information content (AvgIpc) is 2.77. The molecular weight excluding hydrogens is 458 g/mol. The van der Waals surface area contributed by atoms with E-state index in [0.29, 0.717) is 33.7 Å². The normalized spacial score (nSPS) is 11.0. The van der Waals surface area contributed by atoms with Gasteiger partial charge < -0.3 is 14.6 Å². The van der Waals surface area contributed by atoms with Gasteiger partial charge in [-0.05, 0) is 69.9 Å². The highest BCUT2D eigenvalue weighted by Gasteiger charge is 2.13. The third-order valence-corrected chi connectivity index (χ3v) is 5.22. The molecular formula is C25H20BrNO4. The van der Waals surface area contributed by atoms with Gasteiger partial charge in [-0.2, -0.15) is 5.26 Å². The van der Waals surface area contributed by atoms with Gasteiger partial charge in [-0.1, -0.05) is 42.0 Å². The van der Waals surface area contributed by atoms with Crippen molar-refractivity contribution in [2.45, 2.75) is 13.5 Å². The molecule has 0 atom stereocenters. The van der Waals surface area contributed by atoms with Gasteiger partial charge in [0.1, 0.15) is 6.61 Å².